The van der Waals surface area contributed by atoms with Crippen LogP contribution in [-0.2, 0) is 0 Å². The van der Waals surface area contributed by atoms with Gasteiger partial charge >= 0.3 is 0 Å². The summed E-state index contributed by atoms with van der Waals surface area (Å²) >= 11 is 0. The van der Waals surface area contributed by atoms with Crippen LogP contribution in [0.1, 0.15) is 38.7 Å². The number of rotatable bonds is 3. The van der Waals surface area contributed by atoms with E-state index in [1.54, 1.807) is 7.11 Å². The average Bonchev–Trinajstić information content (AvgIpc) is 2.37. The van der Waals surface area contributed by atoms with Crippen molar-refractivity contribution in [2.45, 2.75) is 39.2 Å². The zero-order valence-electron chi connectivity index (χ0n) is 11.9. The molecule has 2 rings (SSSR count). The summed E-state index contributed by atoms with van der Waals surface area (Å²) in [6, 6.07) is 8.26. The van der Waals surface area contributed by atoms with Crippen LogP contribution >= 0.6 is 0 Å². The third-order valence-corrected chi connectivity index (χ3v) is 3.89. The van der Waals surface area contributed by atoms with Gasteiger partial charge in [0.1, 0.15) is 11.8 Å². The van der Waals surface area contributed by atoms with E-state index in [9.17, 15) is 5.26 Å². The van der Waals surface area contributed by atoms with Crippen molar-refractivity contribution < 1.29 is 4.74 Å². The molecule has 1 saturated carbocycles. The number of ether oxygens (including phenoxy) is 1. The molecular weight excluding hydrogens is 236 g/mol. The summed E-state index contributed by atoms with van der Waals surface area (Å²) in [5.74, 6) is 2.29. The molecule has 1 aliphatic rings. The largest absolute Gasteiger partial charge is 0.497 e. The van der Waals surface area contributed by atoms with Crippen LogP contribution in [0, 0.1) is 23.2 Å². The minimum atomic E-state index is 0.456. The van der Waals surface area contributed by atoms with E-state index in [-0.39, 0.29) is 0 Å². The molecule has 1 aromatic carbocycles. The van der Waals surface area contributed by atoms with Gasteiger partial charge in [-0.25, -0.2) is 0 Å². The maximum absolute atomic E-state index is 9.18. The zero-order valence-corrected chi connectivity index (χ0v) is 11.9. The molecule has 1 aliphatic carbocycles. The Labute approximate surface area is 115 Å². The van der Waals surface area contributed by atoms with E-state index in [1.165, 1.54) is 19.3 Å². The minimum absolute atomic E-state index is 0.456. The van der Waals surface area contributed by atoms with Crippen molar-refractivity contribution >= 4 is 5.69 Å². The van der Waals surface area contributed by atoms with Crippen LogP contribution in [-0.4, -0.2) is 13.2 Å². The van der Waals surface area contributed by atoms with Gasteiger partial charge in [0, 0.05) is 12.1 Å². The summed E-state index contributed by atoms with van der Waals surface area (Å²) in [5, 5.41) is 12.7. The highest BCUT2D eigenvalue weighted by atomic mass is 16.5. The summed E-state index contributed by atoms with van der Waals surface area (Å²) in [4.78, 5) is 0. The molecule has 0 bridgehead atoms. The molecule has 3 nitrogen and oxygen atoms in total. The Balaban J connectivity index is 2.15. The standard InChI is InChI=1S/C16H22N2O/c1-11-6-12(2)8-14(7-11)18-16-9-15(19-3)5-4-13(16)10-17/h4-5,9,11-12,14,18H,6-8H2,1-3H3. The van der Waals surface area contributed by atoms with Crippen LogP contribution in [0.3, 0.4) is 0 Å². The molecule has 0 saturated heterocycles. The molecule has 1 aromatic rings. The molecule has 0 spiro atoms. The Kier molecular flexibility index (Phi) is 4.31. The third-order valence-electron chi connectivity index (χ3n) is 3.89. The highest BCUT2D eigenvalue weighted by Gasteiger charge is 2.24. The molecule has 3 heteroatoms. The first-order valence-corrected chi connectivity index (χ1v) is 6.97. The Hall–Kier alpha value is -1.69. The topological polar surface area (TPSA) is 45.0 Å². The van der Waals surface area contributed by atoms with Crippen LogP contribution < -0.4 is 10.1 Å². The third kappa shape index (κ3) is 3.41. The molecule has 102 valence electrons. The SMILES string of the molecule is COc1ccc(C#N)c(NC2CC(C)CC(C)C2)c1. The Morgan fingerprint density at radius 1 is 1.21 bits per heavy atom. The molecule has 1 fully saturated rings. The fraction of sp³-hybridized carbons (Fsp3) is 0.562. The number of methoxy groups -OCH3 is 1. The average molecular weight is 258 g/mol. The molecular formula is C16H22N2O. The molecule has 2 unspecified atom stereocenters. The van der Waals surface area contributed by atoms with E-state index in [1.807, 2.05) is 18.2 Å². The van der Waals surface area contributed by atoms with Gasteiger partial charge in [0.2, 0.25) is 0 Å². The molecule has 1 N–H and O–H groups in total. The summed E-state index contributed by atoms with van der Waals surface area (Å²) in [5.41, 5.74) is 1.58. The van der Waals surface area contributed by atoms with Gasteiger partial charge in [-0.1, -0.05) is 13.8 Å². The summed E-state index contributed by atoms with van der Waals surface area (Å²) in [7, 11) is 1.65. The van der Waals surface area contributed by atoms with Crippen molar-refractivity contribution in [2.75, 3.05) is 12.4 Å². The fourth-order valence-electron chi connectivity index (χ4n) is 3.15. The second-order valence-electron chi connectivity index (χ2n) is 5.78. The Morgan fingerprint density at radius 2 is 1.89 bits per heavy atom. The predicted octanol–water partition coefficient (Wildman–Crippen LogP) is 3.80. The van der Waals surface area contributed by atoms with Crippen LogP contribution in [0.15, 0.2) is 18.2 Å². The molecule has 0 amide bonds. The van der Waals surface area contributed by atoms with E-state index in [2.05, 4.69) is 25.2 Å². The number of hydrogen-bond donors (Lipinski definition) is 1. The number of anilines is 1. The van der Waals surface area contributed by atoms with Gasteiger partial charge in [-0.3, -0.25) is 0 Å². The van der Waals surface area contributed by atoms with Crippen molar-refractivity contribution in [2.24, 2.45) is 11.8 Å². The van der Waals surface area contributed by atoms with Crippen molar-refractivity contribution in [3.63, 3.8) is 0 Å². The smallest absolute Gasteiger partial charge is 0.121 e. The molecule has 0 aromatic heterocycles. The quantitative estimate of drug-likeness (QED) is 0.896. The van der Waals surface area contributed by atoms with Gasteiger partial charge in [-0.15, -0.1) is 0 Å². The highest BCUT2D eigenvalue weighted by molar-refractivity contribution is 5.60. The van der Waals surface area contributed by atoms with E-state index >= 15 is 0 Å². The highest BCUT2D eigenvalue weighted by Crippen LogP contribution is 2.32. The van der Waals surface area contributed by atoms with Crippen molar-refractivity contribution in [1.29, 1.82) is 5.26 Å². The van der Waals surface area contributed by atoms with Crippen LogP contribution in [0.25, 0.3) is 0 Å². The van der Waals surface area contributed by atoms with E-state index < -0.39 is 0 Å². The maximum Gasteiger partial charge on any atom is 0.121 e. The number of nitrogens with zero attached hydrogens (tertiary/aromatic N) is 1. The van der Waals surface area contributed by atoms with E-state index in [4.69, 9.17) is 4.74 Å². The molecule has 0 heterocycles. The first-order valence-electron chi connectivity index (χ1n) is 6.97. The van der Waals surface area contributed by atoms with Crippen LogP contribution in [0.2, 0.25) is 0 Å². The zero-order chi connectivity index (χ0) is 13.8. The van der Waals surface area contributed by atoms with Gasteiger partial charge in [0.05, 0.1) is 18.4 Å². The van der Waals surface area contributed by atoms with Gasteiger partial charge in [-0.2, -0.15) is 5.26 Å². The van der Waals surface area contributed by atoms with Crippen LogP contribution in [0.4, 0.5) is 5.69 Å². The van der Waals surface area contributed by atoms with Crippen molar-refractivity contribution in [3.8, 4) is 11.8 Å². The first-order chi connectivity index (χ1) is 9.12. The monoisotopic (exact) mass is 258 g/mol. The summed E-state index contributed by atoms with van der Waals surface area (Å²) in [6.45, 7) is 4.61. The maximum atomic E-state index is 9.18. The second kappa shape index (κ2) is 5.97. The molecule has 19 heavy (non-hydrogen) atoms. The summed E-state index contributed by atoms with van der Waals surface area (Å²) in [6.07, 6.45) is 3.65. The summed E-state index contributed by atoms with van der Waals surface area (Å²) < 4.78 is 5.24. The Bertz CT molecular complexity index is 468. The van der Waals surface area contributed by atoms with Crippen molar-refractivity contribution in [3.05, 3.63) is 23.8 Å². The molecule has 0 radical (unpaired) electrons. The molecule has 2 atom stereocenters. The van der Waals surface area contributed by atoms with Gasteiger partial charge in [-0.05, 0) is 43.2 Å². The number of nitriles is 1. The minimum Gasteiger partial charge on any atom is -0.497 e. The van der Waals surface area contributed by atoms with E-state index in [0.29, 0.717) is 11.6 Å². The van der Waals surface area contributed by atoms with Gasteiger partial charge < -0.3 is 10.1 Å². The van der Waals surface area contributed by atoms with Gasteiger partial charge in [0.15, 0.2) is 0 Å². The van der Waals surface area contributed by atoms with Crippen LogP contribution in [0.5, 0.6) is 5.75 Å². The number of benzene rings is 1. The molecule has 0 aliphatic heterocycles. The van der Waals surface area contributed by atoms with E-state index in [0.717, 1.165) is 23.3 Å². The number of hydrogen-bond acceptors (Lipinski definition) is 3. The van der Waals surface area contributed by atoms with Gasteiger partial charge in [0.25, 0.3) is 0 Å². The number of nitrogens with one attached hydrogen (secondary N) is 1. The lowest BCUT2D eigenvalue weighted by atomic mass is 9.80. The fourth-order valence-corrected chi connectivity index (χ4v) is 3.15. The Morgan fingerprint density at radius 3 is 2.47 bits per heavy atom. The lowest BCUT2D eigenvalue weighted by Crippen LogP contribution is -2.30. The lowest BCUT2D eigenvalue weighted by Gasteiger charge is -2.32. The second-order valence-corrected chi connectivity index (χ2v) is 5.78. The predicted molar refractivity (Wildman–Crippen MR) is 77.3 cm³/mol. The lowest BCUT2D eigenvalue weighted by molar-refractivity contribution is 0.281. The first kappa shape index (κ1) is 13.7. The normalized spacial score (nSPS) is 26.5. The van der Waals surface area contributed by atoms with Crippen molar-refractivity contribution in [1.82, 2.24) is 0 Å².